The van der Waals surface area contributed by atoms with E-state index in [9.17, 15) is 19.2 Å². The molecule has 2 N–H and O–H groups in total. The number of carbonyl (C=O) groups is 4. The zero-order valence-electron chi connectivity index (χ0n) is 26.9. The molecule has 1 aliphatic heterocycles. The summed E-state index contributed by atoms with van der Waals surface area (Å²) in [6, 6.07) is 5.51. The molecule has 0 spiro atoms. The lowest BCUT2D eigenvalue weighted by atomic mass is 9.77. The number of hydrogen-bond donors (Lipinski definition) is 2. The number of ketones is 1. The number of likely N-dealkylation sites (N-methyl/N-ethyl adjacent to an activating group) is 1. The van der Waals surface area contributed by atoms with E-state index in [1.165, 1.54) is 23.5 Å². The lowest BCUT2D eigenvalue weighted by molar-refractivity contribution is -0.138. The first-order valence-corrected chi connectivity index (χ1v) is 17.3. The van der Waals surface area contributed by atoms with Gasteiger partial charge in [-0.1, -0.05) is 39.2 Å². The molecular weight excluding hydrogens is 605 g/mol. The molecule has 2 aliphatic rings. The molecular formula is C35H44FN5O4S. The van der Waals surface area contributed by atoms with Crippen LogP contribution in [0.1, 0.15) is 80.6 Å². The maximum Gasteiger partial charge on any atom is 0.245 e. The van der Waals surface area contributed by atoms with Crippen LogP contribution >= 0.6 is 11.3 Å². The molecule has 0 radical (unpaired) electrons. The lowest BCUT2D eigenvalue weighted by Gasteiger charge is -2.36. The minimum atomic E-state index is -0.846. The van der Waals surface area contributed by atoms with E-state index in [0.29, 0.717) is 24.2 Å². The summed E-state index contributed by atoms with van der Waals surface area (Å²) in [6.07, 6.45) is 8.47. The number of aromatic nitrogens is 1. The van der Waals surface area contributed by atoms with Gasteiger partial charge in [-0.05, 0) is 49.6 Å². The minimum Gasteiger partial charge on any atom is -0.344 e. The van der Waals surface area contributed by atoms with Gasteiger partial charge >= 0.3 is 0 Å². The topological polar surface area (TPSA) is 112 Å². The molecule has 5 rings (SSSR count). The van der Waals surface area contributed by atoms with E-state index in [0.717, 1.165) is 55.3 Å². The number of nitrogens with one attached hydrogen (secondary N) is 2. The Balaban J connectivity index is 1.33. The van der Waals surface area contributed by atoms with Gasteiger partial charge in [0.15, 0.2) is 5.78 Å². The fourth-order valence-electron chi connectivity index (χ4n) is 6.65. The number of carbonyl (C=O) groups excluding carboxylic acids is 4. The second kappa shape index (κ2) is 15.3. The number of benzene rings is 1. The first kappa shape index (κ1) is 33.7. The summed E-state index contributed by atoms with van der Waals surface area (Å²) in [7, 11) is 2.00. The van der Waals surface area contributed by atoms with Gasteiger partial charge in [0, 0.05) is 79.6 Å². The normalized spacial score (nSPS) is 18.1. The monoisotopic (exact) mass is 649 g/mol. The highest BCUT2D eigenvalue weighted by Crippen LogP contribution is 2.35. The Morgan fingerprint density at radius 3 is 2.50 bits per heavy atom. The van der Waals surface area contributed by atoms with Gasteiger partial charge in [0.1, 0.15) is 11.9 Å². The number of thiophene rings is 1. The fourth-order valence-corrected chi connectivity index (χ4v) is 7.58. The van der Waals surface area contributed by atoms with Gasteiger partial charge in [-0.15, -0.1) is 11.3 Å². The highest BCUT2D eigenvalue weighted by Gasteiger charge is 2.35. The van der Waals surface area contributed by atoms with Crippen molar-refractivity contribution in [1.82, 2.24) is 20.1 Å². The van der Waals surface area contributed by atoms with Crippen molar-refractivity contribution in [2.75, 3.05) is 38.5 Å². The third-order valence-corrected chi connectivity index (χ3v) is 10.6. The Bertz CT molecular complexity index is 1560. The van der Waals surface area contributed by atoms with Crippen LogP contribution in [0.15, 0.2) is 42.0 Å². The Labute approximate surface area is 273 Å². The number of Topliss-reactive ketones (excluding diaryl/α,β-unsaturated/α-hetero) is 1. The quantitative estimate of drug-likeness (QED) is 0.261. The first-order chi connectivity index (χ1) is 22.2. The number of fused-ring (bicyclic) bond motifs is 1. The summed E-state index contributed by atoms with van der Waals surface area (Å²) >= 11 is 1.46. The third-order valence-electron chi connectivity index (χ3n) is 9.64. The molecule has 0 bridgehead atoms. The summed E-state index contributed by atoms with van der Waals surface area (Å²) < 4.78 is 16.6. The van der Waals surface area contributed by atoms with Crippen LogP contribution in [0, 0.1) is 17.7 Å². The summed E-state index contributed by atoms with van der Waals surface area (Å²) in [5.41, 5.74) is 1.16. The average molecular weight is 650 g/mol. The lowest BCUT2D eigenvalue weighted by Crippen LogP contribution is -2.55. The maximum atomic E-state index is 15.7. The minimum absolute atomic E-state index is 0.0285. The van der Waals surface area contributed by atoms with Crippen molar-refractivity contribution in [2.45, 2.75) is 70.8 Å². The van der Waals surface area contributed by atoms with Crippen LogP contribution in [0.5, 0.6) is 0 Å². The Morgan fingerprint density at radius 1 is 1.07 bits per heavy atom. The zero-order valence-corrected chi connectivity index (χ0v) is 27.7. The van der Waals surface area contributed by atoms with Crippen molar-refractivity contribution >= 4 is 50.6 Å². The van der Waals surface area contributed by atoms with E-state index < -0.39 is 23.7 Å². The molecule has 1 aromatic carbocycles. The number of piperazine rings is 1. The highest BCUT2D eigenvalue weighted by atomic mass is 32.1. The van der Waals surface area contributed by atoms with E-state index in [4.69, 9.17) is 0 Å². The molecule has 1 saturated carbocycles. The third kappa shape index (κ3) is 7.81. The molecule has 11 heteroatoms. The summed E-state index contributed by atoms with van der Waals surface area (Å²) in [5, 5.41) is 8.31. The molecule has 0 unspecified atom stereocenters. The summed E-state index contributed by atoms with van der Waals surface area (Å²) in [6.45, 7) is 6.13. The number of pyridine rings is 1. The second-order valence-corrected chi connectivity index (χ2v) is 13.6. The van der Waals surface area contributed by atoms with Crippen LogP contribution < -0.4 is 10.6 Å². The van der Waals surface area contributed by atoms with E-state index >= 15 is 4.39 Å². The highest BCUT2D eigenvalue weighted by molar-refractivity contribution is 7.17. The number of rotatable bonds is 11. The SMILES string of the molecule is CCC(=O)N[C@@H](C(=O)N1CCN(C)CC1)[C@@H](C)c1ccc(NC(=O)[C@@H](CC(=O)c2csc3cnccc23)C2CCCCC2)c(F)c1. The molecule has 1 aliphatic carbocycles. The smallest absolute Gasteiger partial charge is 0.245 e. The van der Waals surface area contributed by atoms with Crippen molar-refractivity contribution in [1.29, 1.82) is 0 Å². The maximum absolute atomic E-state index is 15.7. The van der Waals surface area contributed by atoms with Gasteiger partial charge in [0.05, 0.1) is 10.4 Å². The van der Waals surface area contributed by atoms with Gasteiger partial charge in [-0.2, -0.15) is 0 Å². The van der Waals surface area contributed by atoms with E-state index in [1.807, 2.05) is 18.5 Å². The molecule has 9 nitrogen and oxygen atoms in total. The van der Waals surface area contributed by atoms with Crippen LogP contribution in [0.25, 0.3) is 10.1 Å². The second-order valence-electron chi connectivity index (χ2n) is 12.7. The largest absolute Gasteiger partial charge is 0.344 e. The number of amides is 3. The molecule has 3 amide bonds. The standard InChI is InChI=1S/C35H44FN5O4S/c1-4-32(43)39-33(35(45)41-16-14-40(3)15-17-41)22(2)24-10-11-29(28(36)18-24)38-34(44)26(23-8-6-5-7-9-23)19-30(42)27-21-46-31-20-37-13-12-25(27)31/h10-13,18,20-23,26,33H,4-9,14-17,19H2,1-3H3,(H,38,44)(H,39,43)/t22-,26-,33+/m0/s1. The van der Waals surface area contributed by atoms with Crippen molar-refractivity contribution in [2.24, 2.45) is 11.8 Å². The van der Waals surface area contributed by atoms with E-state index in [-0.39, 0.29) is 48.0 Å². The van der Waals surface area contributed by atoms with E-state index in [2.05, 4.69) is 20.5 Å². The van der Waals surface area contributed by atoms with Gasteiger partial charge in [-0.3, -0.25) is 24.2 Å². The predicted octanol–water partition coefficient (Wildman–Crippen LogP) is 5.62. The molecule has 3 aromatic rings. The molecule has 246 valence electrons. The average Bonchev–Trinajstić information content (AvgIpc) is 3.51. The van der Waals surface area contributed by atoms with Gasteiger partial charge < -0.3 is 20.4 Å². The van der Waals surface area contributed by atoms with Crippen LogP contribution in [-0.2, 0) is 14.4 Å². The van der Waals surface area contributed by atoms with Gasteiger partial charge in [0.2, 0.25) is 17.7 Å². The Hall–Kier alpha value is -3.70. The van der Waals surface area contributed by atoms with Crippen molar-refractivity contribution in [3.63, 3.8) is 0 Å². The van der Waals surface area contributed by atoms with Crippen molar-refractivity contribution in [3.8, 4) is 0 Å². The zero-order chi connectivity index (χ0) is 32.8. The van der Waals surface area contributed by atoms with Crippen molar-refractivity contribution in [3.05, 3.63) is 59.0 Å². The van der Waals surface area contributed by atoms with Crippen molar-refractivity contribution < 1.29 is 23.6 Å². The first-order valence-electron chi connectivity index (χ1n) is 16.4. The van der Waals surface area contributed by atoms with Crippen LogP contribution in [0.3, 0.4) is 0 Å². The molecule has 2 fully saturated rings. The van der Waals surface area contributed by atoms with Crippen LogP contribution in [0.2, 0.25) is 0 Å². The predicted molar refractivity (Wildman–Crippen MR) is 178 cm³/mol. The van der Waals surface area contributed by atoms with Gasteiger partial charge in [-0.25, -0.2) is 4.39 Å². The van der Waals surface area contributed by atoms with Gasteiger partial charge in [0.25, 0.3) is 0 Å². The van der Waals surface area contributed by atoms with E-state index in [1.54, 1.807) is 37.2 Å². The molecule has 46 heavy (non-hydrogen) atoms. The van der Waals surface area contributed by atoms with Crippen LogP contribution in [0.4, 0.5) is 10.1 Å². The number of hydrogen-bond acceptors (Lipinski definition) is 7. The fraction of sp³-hybridized carbons (Fsp3) is 0.514. The number of halogens is 1. The number of nitrogens with zero attached hydrogens (tertiary/aromatic N) is 3. The molecule has 3 atom stereocenters. The Morgan fingerprint density at radius 2 is 1.80 bits per heavy atom. The molecule has 1 saturated heterocycles. The summed E-state index contributed by atoms with van der Waals surface area (Å²) in [5.74, 6) is -2.58. The molecule has 2 aromatic heterocycles. The number of anilines is 1. The molecule has 3 heterocycles. The summed E-state index contributed by atoms with van der Waals surface area (Å²) in [4.78, 5) is 61.3. The Kier molecular flexibility index (Phi) is 11.2. The van der Waals surface area contributed by atoms with Crippen LogP contribution in [-0.4, -0.2) is 77.6 Å².